The molecule has 0 saturated carbocycles. The van der Waals surface area contributed by atoms with Crippen LogP contribution in [0.5, 0.6) is 5.75 Å². The van der Waals surface area contributed by atoms with Gasteiger partial charge in [0.05, 0.1) is 13.3 Å². The van der Waals surface area contributed by atoms with E-state index in [1.165, 1.54) is 0 Å². The number of nitrogens with two attached hydrogens (primary N) is 1. The van der Waals surface area contributed by atoms with Crippen LogP contribution in [0.2, 0.25) is 0 Å². The number of methoxy groups -OCH3 is 1. The molecule has 0 aliphatic rings. The lowest BCUT2D eigenvalue weighted by Crippen LogP contribution is -1.99. The third-order valence-corrected chi connectivity index (χ3v) is 2.03. The van der Waals surface area contributed by atoms with Gasteiger partial charge in [0.15, 0.2) is 5.58 Å². The molecule has 68 valence electrons. The van der Waals surface area contributed by atoms with Gasteiger partial charge >= 0.3 is 0 Å². The van der Waals surface area contributed by atoms with Gasteiger partial charge in [-0.15, -0.1) is 0 Å². The summed E-state index contributed by atoms with van der Waals surface area (Å²) >= 11 is 0. The predicted octanol–water partition coefficient (Wildman–Crippen LogP) is 1.30. The van der Waals surface area contributed by atoms with E-state index in [0.717, 1.165) is 22.3 Å². The normalized spacial score (nSPS) is 10.6. The van der Waals surface area contributed by atoms with Crippen LogP contribution in [-0.2, 0) is 6.54 Å². The molecule has 0 bridgehead atoms. The highest BCUT2D eigenvalue weighted by Gasteiger charge is 2.08. The van der Waals surface area contributed by atoms with Crippen LogP contribution in [0.15, 0.2) is 22.9 Å². The Labute approximate surface area is 75.3 Å². The lowest BCUT2D eigenvalue weighted by atomic mass is 10.1. The fourth-order valence-corrected chi connectivity index (χ4v) is 1.38. The summed E-state index contributed by atoms with van der Waals surface area (Å²) in [6, 6.07) is 3.65. The first-order chi connectivity index (χ1) is 6.36. The molecule has 0 radical (unpaired) electrons. The summed E-state index contributed by atoms with van der Waals surface area (Å²) in [7, 11) is 1.62. The second-order valence-corrected chi connectivity index (χ2v) is 2.69. The van der Waals surface area contributed by atoms with Gasteiger partial charge in [0.25, 0.3) is 0 Å². The van der Waals surface area contributed by atoms with Gasteiger partial charge in [-0.25, -0.2) is 0 Å². The van der Waals surface area contributed by atoms with E-state index in [0.29, 0.717) is 6.54 Å². The van der Waals surface area contributed by atoms with Gasteiger partial charge < -0.3 is 15.0 Å². The van der Waals surface area contributed by atoms with Gasteiger partial charge in [-0.2, -0.15) is 0 Å². The summed E-state index contributed by atoms with van der Waals surface area (Å²) in [5.41, 5.74) is 7.27. The molecular weight excluding hydrogens is 168 g/mol. The number of rotatable bonds is 2. The van der Waals surface area contributed by atoms with Crippen molar-refractivity contribution in [2.75, 3.05) is 7.11 Å². The van der Waals surface area contributed by atoms with Gasteiger partial charge in [0.2, 0.25) is 0 Å². The third-order valence-electron chi connectivity index (χ3n) is 2.03. The smallest absolute Gasteiger partial charge is 0.167 e. The molecule has 0 atom stereocenters. The lowest BCUT2D eigenvalue weighted by molar-refractivity contribution is 0.410. The first-order valence-corrected chi connectivity index (χ1v) is 3.97. The van der Waals surface area contributed by atoms with Crippen molar-refractivity contribution in [2.24, 2.45) is 5.73 Å². The first kappa shape index (κ1) is 8.07. The van der Waals surface area contributed by atoms with Crippen molar-refractivity contribution in [2.45, 2.75) is 6.54 Å². The molecular formula is C9H10N2O2. The number of hydrogen-bond acceptors (Lipinski definition) is 4. The zero-order valence-electron chi connectivity index (χ0n) is 7.28. The molecule has 0 spiro atoms. The van der Waals surface area contributed by atoms with Crippen molar-refractivity contribution < 1.29 is 9.26 Å². The molecule has 1 aromatic heterocycles. The summed E-state index contributed by atoms with van der Waals surface area (Å²) in [5.74, 6) is 0.776. The van der Waals surface area contributed by atoms with Crippen LogP contribution in [0.1, 0.15) is 5.56 Å². The molecule has 2 rings (SSSR count). The van der Waals surface area contributed by atoms with E-state index in [1.807, 2.05) is 12.1 Å². The average molecular weight is 178 g/mol. The van der Waals surface area contributed by atoms with Crippen molar-refractivity contribution in [3.05, 3.63) is 23.9 Å². The Balaban J connectivity index is 2.74. The summed E-state index contributed by atoms with van der Waals surface area (Å²) in [6.07, 6.45) is 1.65. The Morgan fingerprint density at radius 1 is 1.54 bits per heavy atom. The van der Waals surface area contributed by atoms with Crippen molar-refractivity contribution >= 4 is 11.0 Å². The molecule has 13 heavy (non-hydrogen) atoms. The molecule has 1 heterocycles. The van der Waals surface area contributed by atoms with Crippen LogP contribution < -0.4 is 10.5 Å². The molecule has 0 fully saturated rings. The molecule has 0 saturated heterocycles. The number of aromatic nitrogens is 1. The summed E-state index contributed by atoms with van der Waals surface area (Å²) in [5, 5.41) is 4.62. The summed E-state index contributed by atoms with van der Waals surface area (Å²) < 4.78 is 10.2. The Kier molecular flexibility index (Phi) is 1.90. The Morgan fingerprint density at radius 2 is 2.38 bits per heavy atom. The van der Waals surface area contributed by atoms with Gasteiger partial charge in [-0.3, -0.25) is 0 Å². The molecule has 2 aromatic rings. The molecule has 4 nitrogen and oxygen atoms in total. The van der Waals surface area contributed by atoms with Crippen molar-refractivity contribution in [3.8, 4) is 5.75 Å². The van der Waals surface area contributed by atoms with E-state index in [1.54, 1.807) is 13.3 Å². The van der Waals surface area contributed by atoms with Gasteiger partial charge in [0.1, 0.15) is 5.75 Å². The van der Waals surface area contributed by atoms with Crippen molar-refractivity contribution in [3.63, 3.8) is 0 Å². The molecule has 0 aliphatic heterocycles. The minimum absolute atomic E-state index is 0.418. The molecule has 0 aliphatic carbocycles. The Bertz CT molecular complexity index is 422. The monoisotopic (exact) mass is 178 g/mol. The lowest BCUT2D eigenvalue weighted by Gasteiger charge is -2.05. The van der Waals surface area contributed by atoms with Crippen LogP contribution in [0.4, 0.5) is 0 Å². The minimum Gasteiger partial charge on any atom is -0.496 e. The highest BCUT2D eigenvalue weighted by Crippen LogP contribution is 2.26. The highest BCUT2D eigenvalue weighted by molar-refractivity contribution is 5.82. The average Bonchev–Trinajstić information content (AvgIpc) is 2.63. The fourth-order valence-electron chi connectivity index (χ4n) is 1.38. The van der Waals surface area contributed by atoms with Crippen LogP contribution in [0.3, 0.4) is 0 Å². The van der Waals surface area contributed by atoms with Crippen molar-refractivity contribution in [1.82, 2.24) is 5.16 Å². The number of nitrogens with zero attached hydrogens (tertiary/aromatic N) is 1. The van der Waals surface area contributed by atoms with Crippen LogP contribution >= 0.6 is 0 Å². The molecule has 0 amide bonds. The molecule has 0 unspecified atom stereocenters. The molecule has 1 aromatic carbocycles. The number of ether oxygens (including phenoxy) is 1. The maximum absolute atomic E-state index is 5.60. The second kappa shape index (κ2) is 3.06. The first-order valence-electron chi connectivity index (χ1n) is 3.97. The fraction of sp³-hybridized carbons (Fsp3) is 0.222. The van der Waals surface area contributed by atoms with Crippen LogP contribution in [-0.4, -0.2) is 12.3 Å². The van der Waals surface area contributed by atoms with Gasteiger partial charge in [-0.1, -0.05) is 5.16 Å². The highest BCUT2D eigenvalue weighted by atomic mass is 16.5. The quantitative estimate of drug-likeness (QED) is 0.752. The maximum atomic E-state index is 5.60. The predicted molar refractivity (Wildman–Crippen MR) is 48.5 cm³/mol. The second-order valence-electron chi connectivity index (χ2n) is 2.69. The number of benzene rings is 1. The van der Waals surface area contributed by atoms with E-state index in [-0.39, 0.29) is 0 Å². The summed E-state index contributed by atoms with van der Waals surface area (Å²) in [6.45, 7) is 0.418. The van der Waals surface area contributed by atoms with E-state index in [4.69, 9.17) is 15.0 Å². The number of fused-ring (bicyclic) bond motifs is 1. The van der Waals surface area contributed by atoms with E-state index in [9.17, 15) is 0 Å². The van der Waals surface area contributed by atoms with Gasteiger partial charge in [-0.05, 0) is 12.1 Å². The van der Waals surface area contributed by atoms with Gasteiger partial charge in [0, 0.05) is 17.5 Å². The summed E-state index contributed by atoms with van der Waals surface area (Å²) in [4.78, 5) is 0. The standard InChI is InChI=1S/C9H10N2O2/c1-12-8-2-3-9-7(5-11-13-9)6(8)4-10/h2-3,5H,4,10H2,1H3. The van der Waals surface area contributed by atoms with Crippen LogP contribution in [0, 0.1) is 0 Å². The topological polar surface area (TPSA) is 61.3 Å². The maximum Gasteiger partial charge on any atom is 0.167 e. The van der Waals surface area contributed by atoms with Crippen molar-refractivity contribution in [1.29, 1.82) is 0 Å². The largest absolute Gasteiger partial charge is 0.496 e. The number of hydrogen-bond donors (Lipinski definition) is 1. The zero-order valence-corrected chi connectivity index (χ0v) is 7.28. The van der Waals surface area contributed by atoms with E-state index < -0.39 is 0 Å². The minimum atomic E-state index is 0.418. The SMILES string of the molecule is COc1ccc2oncc2c1CN. The third kappa shape index (κ3) is 1.15. The molecule has 2 N–H and O–H groups in total. The zero-order chi connectivity index (χ0) is 9.26. The van der Waals surface area contributed by atoms with Crippen LogP contribution in [0.25, 0.3) is 11.0 Å². The Morgan fingerprint density at radius 3 is 3.08 bits per heavy atom. The van der Waals surface area contributed by atoms with E-state index in [2.05, 4.69) is 5.16 Å². The van der Waals surface area contributed by atoms with E-state index >= 15 is 0 Å². The molecule has 4 heteroatoms. The Hall–Kier alpha value is -1.55.